The van der Waals surface area contributed by atoms with E-state index >= 15 is 0 Å². The standard InChI is InChI=1S/C25H27N5O2S2/c1-13(2)22-27-24-21(18-10-5-14(3)11-19(18)34-24)23-28-29-25(30(22)23)33-12-20(32)26-17-8-6-16(7-9-17)15(4)31/h6-9,13-14H,5,10-12H2,1-4H3,(H,26,32)/t14-/m1/s1. The fraction of sp³-hybridized carbons (Fsp3) is 0.400. The molecular weight excluding hydrogens is 466 g/mol. The van der Waals surface area contributed by atoms with Crippen LogP contribution in [0.3, 0.4) is 0 Å². The Balaban J connectivity index is 1.43. The Hall–Kier alpha value is -2.78. The molecule has 1 aliphatic rings. The van der Waals surface area contributed by atoms with Crippen molar-refractivity contribution < 1.29 is 9.59 Å². The molecule has 0 saturated heterocycles. The number of fused-ring (bicyclic) bond motifs is 5. The van der Waals surface area contributed by atoms with Crippen LogP contribution in [0.4, 0.5) is 5.69 Å². The smallest absolute Gasteiger partial charge is 0.234 e. The summed E-state index contributed by atoms with van der Waals surface area (Å²) in [6, 6.07) is 6.91. The molecule has 1 aromatic carbocycles. The maximum absolute atomic E-state index is 12.6. The van der Waals surface area contributed by atoms with Crippen LogP contribution in [0.1, 0.15) is 66.7 Å². The van der Waals surface area contributed by atoms with Crippen LogP contribution >= 0.6 is 23.1 Å². The molecule has 7 nitrogen and oxygen atoms in total. The first-order valence-corrected chi connectivity index (χ1v) is 13.3. The van der Waals surface area contributed by atoms with E-state index < -0.39 is 0 Å². The predicted octanol–water partition coefficient (Wildman–Crippen LogP) is 5.52. The topological polar surface area (TPSA) is 89.2 Å². The number of thiophene rings is 1. The number of aromatic nitrogens is 4. The largest absolute Gasteiger partial charge is 0.325 e. The van der Waals surface area contributed by atoms with E-state index in [9.17, 15) is 9.59 Å². The molecule has 176 valence electrons. The maximum Gasteiger partial charge on any atom is 0.234 e. The number of carbonyl (C=O) groups excluding carboxylic acids is 2. The van der Waals surface area contributed by atoms with Crippen molar-refractivity contribution in [2.45, 2.75) is 58.0 Å². The second kappa shape index (κ2) is 9.11. The van der Waals surface area contributed by atoms with Crippen molar-refractivity contribution in [3.63, 3.8) is 0 Å². The molecule has 1 atom stereocenters. The fourth-order valence-corrected chi connectivity index (χ4v) is 6.56. The number of thioether (sulfide) groups is 1. The Bertz CT molecular complexity index is 1400. The highest BCUT2D eigenvalue weighted by Crippen LogP contribution is 2.40. The molecule has 3 heterocycles. The molecule has 0 aliphatic heterocycles. The molecule has 4 aromatic rings. The lowest BCUT2D eigenvalue weighted by Gasteiger charge is -2.17. The van der Waals surface area contributed by atoms with Gasteiger partial charge >= 0.3 is 0 Å². The number of nitrogens with zero attached hydrogens (tertiary/aromatic N) is 4. The zero-order valence-corrected chi connectivity index (χ0v) is 21.3. The molecule has 0 fully saturated rings. The molecule has 34 heavy (non-hydrogen) atoms. The minimum atomic E-state index is -0.139. The lowest BCUT2D eigenvalue weighted by molar-refractivity contribution is -0.113. The van der Waals surface area contributed by atoms with Gasteiger partial charge in [0.2, 0.25) is 5.91 Å². The van der Waals surface area contributed by atoms with E-state index in [0.29, 0.717) is 22.3 Å². The van der Waals surface area contributed by atoms with Gasteiger partial charge in [-0.15, -0.1) is 21.5 Å². The van der Waals surface area contributed by atoms with E-state index in [-0.39, 0.29) is 23.4 Å². The predicted molar refractivity (Wildman–Crippen MR) is 137 cm³/mol. The monoisotopic (exact) mass is 493 g/mol. The highest BCUT2D eigenvalue weighted by molar-refractivity contribution is 7.99. The summed E-state index contributed by atoms with van der Waals surface area (Å²) < 4.78 is 2.04. The van der Waals surface area contributed by atoms with Crippen LogP contribution in [0, 0.1) is 5.92 Å². The molecule has 0 bridgehead atoms. The number of carbonyl (C=O) groups is 2. The van der Waals surface area contributed by atoms with Gasteiger partial charge in [-0.1, -0.05) is 32.5 Å². The summed E-state index contributed by atoms with van der Waals surface area (Å²) in [5.74, 6) is 1.86. The van der Waals surface area contributed by atoms with E-state index in [4.69, 9.17) is 4.98 Å². The maximum atomic E-state index is 12.6. The van der Waals surface area contributed by atoms with Crippen LogP contribution < -0.4 is 5.32 Å². The van der Waals surface area contributed by atoms with E-state index in [0.717, 1.165) is 34.5 Å². The summed E-state index contributed by atoms with van der Waals surface area (Å²) >= 11 is 3.16. The first-order valence-electron chi connectivity index (χ1n) is 11.5. The molecule has 1 N–H and O–H groups in total. The van der Waals surface area contributed by atoms with Crippen LogP contribution in [0.2, 0.25) is 0 Å². The van der Waals surface area contributed by atoms with Gasteiger partial charge in [-0.25, -0.2) is 4.98 Å². The zero-order valence-electron chi connectivity index (χ0n) is 19.7. The van der Waals surface area contributed by atoms with Crippen LogP contribution in [-0.4, -0.2) is 37.0 Å². The van der Waals surface area contributed by atoms with Crippen LogP contribution in [0.5, 0.6) is 0 Å². The van der Waals surface area contributed by atoms with Crippen molar-refractivity contribution >= 4 is 56.3 Å². The minimum Gasteiger partial charge on any atom is -0.325 e. The SMILES string of the molecule is CC(=O)c1ccc(NC(=O)CSc2nnc3c4c5c(sc4nc(C(C)C)n23)C[C@H](C)CC5)cc1. The van der Waals surface area contributed by atoms with E-state index in [2.05, 4.69) is 36.3 Å². The number of hydrogen-bond donors (Lipinski definition) is 1. The number of anilines is 1. The first kappa shape index (κ1) is 23.0. The van der Waals surface area contributed by atoms with Crippen molar-refractivity contribution in [1.29, 1.82) is 0 Å². The summed E-state index contributed by atoms with van der Waals surface area (Å²) in [6.45, 7) is 8.07. The second-order valence-electron chi connectivity index (χ2n) is 9.27. The molecular formula is C25H27N5O2S2. The van der Waals surface area contributed by atoms with Gasteiger partial charge in [0.1, 0.15) is 10.7 Å². The Kier molecular flexibility index (Phi) is 6.16. The summed E-state index contributed by atoms with van der Waals surface area (Å²) in [7, 11) is 0. The Morgan fingerprint density at radius 1 is 1.24 bits per heavy atom. The highest BCUT2D eigenvalue weighted by Gasteiger charge is 2.26. The Morgan fingerprint density at radius 2 is 2.00 bits per heavy atom. The number of rotatable bonds is 6. The molecule has 0 spiro atoms. The summed E-state index contributed by atoms with van der Waals surface area (Å²) in [4.78, 5) is 31.6. The highest BCUT2D eigenvalue weighted by atomic mass is 32.2. The van der Waals surface area contributed by atoms with Crippen molar-refractivity contribution in [2.24, 2.45) is 5.92 Å². The van der Waals surface area contributed by atoms with E-state index in [1.165, 1.54) is 35.5 Å². The van der Waals surface area contributed by atoms with E-state index in [1.54, 1.807) is 35.6 Å². The van der Waals surface area contributed by atoms with Gasteiger partial charge in [-0.05, 0) is 61.9 Å². The van der Waals surface area contributed by atoms with Gasteiger partial charge in [0, 0.05) is 22.0 Å². The van der Waals surface area contributed by atoms with Gasteiger partial charge in [-0.3, -0.25) is 14.0 Å². The number of nitrogens with one attached hydrogen (secondary N) is 1. The average molecular weight is 494 g/mol. The number of Topliss-reactive ketones (excluding diaryl/α,β-unsaturated/α-hetero) is 1. The third-order valence-corrected chi connectivity index (χ3v) is 8.30. The summed E-state index contributed by atoms with van der Waals surface area (Å²) in [5.41, 5.74) is 3.50. The van der Waals surface area contributed by atoms with Crippen LogP contribution in [0.15, 0.2) is 29.4 Å². The average Bonchev–Trinajstić information content (AvgIpc) is 3.37. The summed E-state index contributed by atoms with van der Waals surface area (Å²) in [5, 5.41) is 13.7. The van der Waals surface area contributed by atoms with Crippen molar-refractivity contribution in [3.8, 4) is 0 Å². The normalized spacial score (nSPS) is 15.7. The zero-order chi connectivity index (χ0) is 24.0. The van der Waals surface area contributed by atoms with Crippen LogP contribution in [0.25, 0.3) is 15.9 Å². The van der Waals surface area contributed by atoms with Crippen molar-refractivity contribution in [1.82, 2.24) is 19.6 Å². The molecule has 1 aliphatic carbocycles. The molecule has 0 unspecified atom stereocenters. The van der Waals surface area contributed by atoms with E-state index in [1.807, 2.05) is 4.40 Å². The third kappa shape index (κ3) is 4.22. The molecule has 0 radical (unpaired) electrons. The van der Waals surface area contributed by atoms with Gasteiger partial charge in [-0.2, -0.15) is 0 Å². The first-order chi connectivity index (χ1) is 16.3. The Labute approximate surface area is 206 Å². The van der Waals surface area contributed by atoms with Crippen LogP contribution in [-0.2, 0) is 17.6 Å². The Morgan fingerprint density at radius 3 is 2.71 bits per heavy atom. The van der Waals surface area contributed by atoms with Crippen molar-refractivity contribution in [2.75, 3.05) is 11.1 Å². The quantitative estimate of drug-likeness (QED) is 0.281. The number of ketones is 1. The molecule has 0 saturated carbocycles. The molecule has 1 amide bonds. The van der Waals surface area contributed by atoms with Gasteiger partial charge in [0.25, 0.3) is 0 Å². The second-order valence-corrected chi connectivity index (χ2v) is 11.3. The lowest BCUT2D eigenvalue weighted by atomic mass is 9.89. The molecule has 3 aromatic heterocycles. The number of hydrogen-bond acceptors (Lipinski definition) is 7. The lowest BCUT2D eigenvalue weighted by Crippen LogP contribution is -2.14. The van der Waals surface area contributed by atoms with Gasteiger partial charge in [0.15, 0.2) is 16.6 Å². The summed E-state index contributed by atoms with van der Waals surface area (Å²) in [6.07, 6.45) is 3.33. The fourth-order valence-electron chi connectivity index (χ4n) is 4.43. The van der Waals surface area contributed by atoms with Gasteiger partial charge < -0.3 is 5.32 Å². The van der Waals surface area contributed by atoms with Gasteiger partial charge in [0.05, 0.1) is 11.1 Å². The molecule has 5 rings (SSSR count). The molecule has 9 heteroatoms. The third-order valence-electron chi connectivity index (χ3n) is 6.22. The minimum absolute atomic E-state index is 0.00260. The van der Waals surface area contributed by atoms with Crippen molar-refractivity contribution in [3.05, 3.63) is 46.1 Å². The number of benzene rings is 1. The number of aryl methyl sites for hydroxylation is 1. The number of amides is 1.